The number of nitrogens with one attached hydrogen (secondary N) is 1. The number of nitrogens with zero attached hydrogens (tertiary/aromatic N) is 2. The number of aromatic carboxylic acids is 1. The first-order valence-corrected chi connectivity index (χ1v) is 16.2. The summed E-state index contributed by atoms with van der Waals surface area (Å²) in [5, 5.41) is 14.2. The second-order valence-corrected chi connectivity index (χ2v) is 12.8. The number of rotatable bonds is 7. The van der Waals surface area contributed by atoms with Crippen molar-refractivity contribution in [1.82, 2.24) is 10.2 Å². The largest absolute Gasteiger partial charge is 0.487 e. The van der Waals surface area contributed by atoms with Gasteiger partial charge in [-0.15, -0.1) is 6.58 Å². The van der Waals surface area contributed by atoms with Crippen LogP contribution in [0.2, 0.25) is 5.02 Å². The van der Waals surface area contributed by atoms with Crippen molar-refractivity contribution in [2.45, 2.75) is 76.3 Å². The molecule has 226 valence electrons. The Balaban J connectivity index is 1.20. The summed E-state index contributed by atoms with van der Waals surface area (Å²) in [4.78, 5) is 16.9. The average Bonchev–Trinajstić information content (AvgIpc) is 3.02. The van der Waals surface area contributed by atoms with E-state index >= 15 is 0 Å². The minimum atomic E-state index is -0.926. The lowest BCUT2D eigenvalue weighted by molar-refractivity contribution is -0.120. The number of piperidine rings is 1. The van der Waals surface area contributed by atoms with E-state index < -0.39 is 5.97 Å². The molecule has 2 aromatic carbocycles. The summed E-state index contributed by atoms with van der Waals surface area (Å²) >= 11 is 6.33. The fourth-order valence-corrected chi connectivity index (χ4v) is 7.57. The number of halogens is 1. The molecule has 2 N–H and O–H groups in total. The van der Waals surface area contributed by atoms with Crippen molar-refractivity contribution >= 4 is 23.3 Å². The molecule has 0 amide bonds. The van der Waals surface area contributed by atoms with Crippen molar-refractivity contribution in [2.24, 2.45) is 11.8 Å². The molecule has 1 unspecified atom stereocenters. The Bertz CT molecular complexity index is 1270. The van der Waals surface area contributed by atoms with E-state index in [-0.39, 0.29) is 17.9 Å². The molecular formula is C34H44ClN3O4. The molecule has 0 aromatic heterocycles. The highest BCUT2D eigenvalue weighted by Gasteiger charge is 2.41. The van der Waals surface area contributed by atoms with Crippen molar-refractivity contribution in [3.63, 3.8) is 0 Å². The highest BCUT2D eigenvalue weighted by atomic mass is 35.5. The number of carboxylic acids is 1. The van der Waals surface area contributed by atoms with E-state index in [0.717, 1.165) is 80.3 Å². The average molecular weight is 594 g/mol. The lowest BCUT2D eigenvalue weighted by Crippen LogP contribution is -2.61. The number of carbonyl (C=O) groups is 1. The van der Waals surface area contributed by atoms with E-state index in [1.807, 2.05) is 30.3 Å². The molecule has 8 heteroatoms. The first kappa shape index (κ1) is 29.5. The molecule has 42 heavy (non-hydrogen) atoms. The summed E-state index contributed by atoms with van der Waals surface area (Å²) in [6, 6.07) is 11.7. The Morgan fingerprint density at radius 2 is 1.98 bits per heavy atom. The van der Waals surface area contributed by atoms with Crippen molar-refractivity contribution in [3.8, 4) is 5.75 Å². The Kier molecular flexibility index (Phi) is 9.39. The number of ether oxygens (including phenoxy) is 2. The van der Waals surface area contributed by atoms with Crippen molar-refractivity contribution in [1.29, 1.82) is 0 Å². The number of piperazine rings is 1. The summed E-state index contributed by atoms with van der Waals surface area (Å²) in [6.07, 6.45) is 11.0. The number of fused-ring (bicyclic) bond motifs is 3. The zero-order valence-electron chi connectivity index (χ0n) is 24.5. The van der Waals surface area contributed by atoms with Gasteiger partial charge in [0.25, 0.3) is 0 Å². The zero-order chi connectivity index (χ0) is 29.1. The first-order valence-electron chi connectivity index (χ1n) is 15.8. The van der Waals surface area contributed by atoms with E-state index in [1.54, 1.807) is 12.1 Å². The van der Waals surface area contributed by atoms with Crippen LogP contribution in [-0.2, 0) is 17.8 Å². The molecule has 3 fully saturated rings. The summed E-state index contributed by atoms with van der Waals surface area (Å²) in [5.74, 6) is 0.616. The van der Waals surface area contributed by atoms with Crippen LogP contribution in [0.4, 0.5) is 5.69 Å². The minimum Gasteiger partial charge on any atom is -0.487 e. The molecule has 6 rings (SSSR count). The maximum Gasteiger partial charge on any atom is 0.335 e. The van der Waals surface area contributed by atoms with Crippen LogP contribution in [0, 0.1) is 11.8 Å². The first-order chi connectivity index (χ1) is 20.5. The van der Waals surface area contributed by atoms with Gasteiger partial charge < -0.3 is 19.5 Å². The van der Waals surface area contributed by atoms with Gasteiger partial charge in [0.05, 0.1) is 17.4 Å². The summed E-state index contributed by atoms with van der Waals surface area (Å²) < 4.78 is 13.2. The molecule has 2 saturated heterocycles. The molecule has 1 saturated carbocycles. The second kappa shape index (κ2) is 13.4. The van der Waals surface area contributed by atoms with Crippen LogP contribution in [0.25, 0.3) is 0 Å². The van der Waals surface area contributed by atoms with Gasteiger partial charge in [0.1, 0.15) is 18.6 Å². The quantitative estimate of drug-likeness (QED) is 0.374. The zero-order valence-corrected chi connectivity index (χ0v) is 25.2. The van der Waals surface area contributed by atoms with Gasteiger partial charge in [0, 0.05) is 37.2 Å². The fourth-order valence-electron chi connectivity index (χ4n) is 7.37. The van der Waals surface area contributed by atoms with E-state index in [0.29, 0.717) is 24.5 Å². The third-order valence-corrected chi connectivity index (χ3v) is 10.1. The van der Waals surface area contributed by atoms with E-state index in [1.165, 1.54) is 31.4 Å². The fraction of sp³-hybridized carbons (Fsp3) is 0.559. The molecule has 1 aliphatic carbocycles. The number of hydrogen-bond donors (Lipinski definition) is 2. The Morgan fingerprint density at radius 3 is 2.79 bits per heavy atom. The molecule has 7 nitrogen and oxygen atoms in total. The summed E-state index contributed by atoms with van der Waals surface area (Å²) in [5.41, 5.74) is 3.49. The number of aryl methyl sites for hydroxylation is 1. The van der Waals surface area contributed by atoms with Crippen molar-refractivity contribution in [3.05, 3.63) is 70.8 Å². The third-order valence-electron chi connectivity index (χ3n) is 9.87. The molecular weight excluding hydrogens is 550 g/mol. The lowest BCUT2D eigenvalue weighted by Gasteiger charge is -2.48. The van der Waals surface area contributed by atoms with Crippen LogP contribution in [-0.4, -0.2) is 67.1 Å². The Labute approximate surface area is 254 Å². The predicted octanol–water partition coefficient (Wildman–Crippen LogP) is 6.14. The van der Waals surface area contributed by atoms with Gasteiger partial charge in [0.2, 0.25) is 0 Å². The van der Waals surface area contributed by atoms with Crippen LogP contribution in [0.5, 0.6) is 5.75 Å². The van der Waals surface area contributed by atoms with E-state index in [4.69, 9.17) is 21.1 Å². The maximum atomic E-state index is 12.0. The summed E-state index contributed by atoms with van der Waals surface area (Å²) in [6.45, 7) is 9.52. The highest BCUT2D eigenvalue weighted by Crippen LogP contribution is 2.42. The van der Waals surface area contributed by atoms with Gasteiger partial charge in [-0.1, -0.05) is 30.2 Å². The number of carboxylic acid groups (broad SMARTS) is 1. The Morgan fingerprint density at radius 1 is 1.10 bits per heavy atom. The molecule has 3 aliphatic heterocycles. The topological polar surface area (TPSA) is 74.3 Å². The van der Waals surface area contributed by atoms with Gasteiger partial charge >= 0.3 is 5.97 Å². The SMILES string of the molecule is C=C[C@H](OC1NCCN2CCCC[C@H]12)[C@@H]1CC[C@H]1CN1CCCCc2cc(Cl)ccc2COc2ccc(C(=O)O)cc21. The van der Waals surface area contributed by atoms with Gasteiger partial charge in [-0.3, -0.25) is 10.2 Å². The van der Waals surface area contributed by atoms with Crippen LogP contribution < -0.4 is 15.0 Å². The van der Waals surface area contributed by atoms with Gasteiger partial charge in [0.15, 0.2) is 0 Å². The molecule has 0 radical (unpaired) electrons. The highest BCUT2D eigenvalue weighted by molar-refractivity contribution is 6.30. The number of anilines is 1. The third kappa shape index (κ3) is 6.49. The predicted molar refractivity (Wildman–Crippen MR) is 167 cm³/mol. The lowest BCUT2D eigenvalue weighted by atomic mass is 9.70. The van der Waals surface area contributed by atoms with Crippen molar-refractivity contribution < 1.29 is 19.4 Å². The number of hydrogen-bond acceptors (Lipinski definition) is 6. The smallest absolute Gasteiger partial charge is 0.335 e. The summed E-state index contributed by atoms with van der Waals surface area (Å²) in [7, 11) is 0. The van der Waals surface area contributed by atoms with E-state index in [2.05, 4.69) is 21.7 Å². The molecule has 4 aliphatic rings. The standard InChI is InChI=1S/C34H44ClN3O4/c1-2-31(42-33-29-8-4-6-16-37(29)18-15-36-33)28-13-10-25(28)21-38-17-5-3-7-23-19-27(35)12-9-26(23)22-41-32-14-11-24(34(39)40)20-30(32)38/h2,9,11-12,14,19-20,25,28-29,31,33,36H,1,3-8,10,13,15-18,21-22H2,(H,39,40)/t25-,28+,29+,31-,33?/m0/s1. The van der Waals surface area contributed by atoms with Crippen LogP contribution in [0.1, 0.15) is 66.4 Å². The van der Waals surface area contributed by atoms with Crippen LogP contribution >= 0.6 is 11.6 Å². The number of benzene rings is 2. The van der Waals surface area contributed by atoms with Gasteiger partial charge in [-0.2, -0.15) is 0 Å². The normalized spacial score (nSPS) is 27.2. The minimum absolute atomic E-state index is 0.00705. The van der Waals surface area contributed by atoms with E-state index in [9.17, 15) is 9.90 Å². The maximum absolute atomic E-state index is 12.0. The molecule has 5 atom stereocenters. The van der Waals surface area contributed by atoms with Gasteiger partial charge in [-0.25, -0.2) is 4.79 Å². The molecule has 3 heterocycles. The monoisotopic (exact) mass is 593 g/mol. The Hall–Kier alpha value is -2.58. The van der Waals surface area contributed by atoms with Crippen LogP contribution in [0.15, 0.2) is 49.1 Å². The molecule has 0 spiro atoms. The van der Waals surface area contributed by atoms with Gasteiger partial charge in [-0.05, 0) is 105 Å². The molecule has 2 aromatic rings. The second-order valence-electron chi connectivity index (χ2n) is 12.4. The molecule has 0 bridgehead atoms. The van der Waals surface area contributed by atoms with Crippen LogP contribution in [0.3, 0.4) is 0 Å². The van der Waals surface area contributed by atoms with Crippen molar-refractivity contribution in [2.75, 3.05) is 37.6 Å².